The number of aromatic nitrogens is 1. The fourth-order valence-corrected chi connectivity index (χ4v) is 3.49. The van der Waals surface area contributed by atoms with Gasteiger partial charge in [-0.3, -0.25) is 14.6 Å². The van der Waals surface area contributed by atoms with E-state index < -0.39 is 17.9 Å². The molecular weight excluding hydrogens is 386 g/mol. The van der Waals surface area contributed by atoms with Gasteiger partial charge in [0.2, 0.25) is 0 Å². The van der Waals surface area contributed by atoms with Crippen molar-refractivity contribution in [3.05, 3.63) is 58.3 Å². The van der Waals surface area contributed by atoms with Crippen molar-refractivity contribution in [2.24, 2.45) is 23.5 Å². The molecule has 0 spiro atoms. The van der Waals surface area contributed by atoms with Crippen molar-refractivity contribution in [2.75, 3.05) is 6.54 Å². The second-order valence-corrected chi connectivity index (χ2v) is 6.92. The standard InChI is InChI=1S/C21H23N5O4/c1-26-16-10-3-2-6-12(16)18(27)13-7-4-8-14(17(13)26)19(28)25-15(20(29)30)9-5-11-24-21(22)23/h2-4,6-8,10,15H,5,9,11H2,1H3,(H,25,28)(H,29,30)(H4,22,23,24). The van der Waals surface area contributed by atoms with E-state index in [0.29, 0.717) is 28.2 Å². The third-order valence-electron chi connectivity index (χ3n) is 4.92. The maximum atomic E-state index is 13.0. The minimum absolute atomic E-state index is 0.0743. The number of aryl methyl sites for hydroxylation is 1. The first kappa shape index (κ1) is 20.8. The Balaban J connectivity index is 1.97. The number of carbonyl (C=O) groups excluding carboxylic acids is 1. The number of aliphatic carboxylic acids is 1. The van der Waals surface area contributed by atoms with Gasteiger partial charge in [0.25, 0.3) is 5.91 Å². The third kappa shape index (κ3) is 4.09. The highest BCUT2D eigenvalue weighted by Gasteiger charge is 2.22. The Morgan fingerprint density at radius 1 is 1.13 bits per heavy atom. The smallest absolute Gasteiger partial charge is 0.326 e. The normalized spacial score (nSPS) is 11.9. The van der Waals surface area contributed by atoms with Crippen LogP contribution in [0.1, 0.15) is 23.2 Å². The summed E-state index contributed by atoms with van der Waals surface area (Å²) in [4.78, 5) is 41.3. The number of carboxylic acids is 1. The lowest BCUT2D eigenvalue weighted by Gasteiger charge is -2.17. The van der Waals surface area contributed by atoms with Crippen molar-refractivity contribution in [3.63, 3.8) is 0 Å². The molecule has 0 aliphatic carbocycles. The predicted molar refractivity (Wildman–Crippen MR) is 115 cm³/mol. The number of nitrogens with two attached hydrogens (primary N) is 2. The maximum absolute atomic E-state index is 13.0. The van der Waals surface area contributed by atoms with Gasteiger partial charge >= 0.3 is 5.97 Å². The number of carbonyl (C=O) groups is 2. The number of aliphatic imine (C=N–C) groups is 1. The maximum Gasteiger partial charge on any atom is 0.326 e. The van der Waals surface area contributed by atoms with Gasteiger partial charge in [0.15, 0.2) is 11.4 Å². The Kier molecular flexibility index (Phi) is 6.01. The largest absolute Gasteiger partial charge is 0.480 e. The third-order valence-corrected chi connectivity index (χ3v) is 4.92. The summed E-state index contributed by atoms with van der Waals surface area (Å²) in [5.41, 5.74) is 11.7. The minimum Gasteiger partial charge on any atom is -0.480 e. The van der Waals surface area contributed by atoms with Crippen LogP contribution in [0.25, 0.3) is 21.8 Å². The SMILES string of the molecule is Cn1c2ccccc2c(=O)c2cccc(C(=O)NC(CCCN=C(N)N)C(=O)O)c21. The number of fused-ring (bicyclic) bond motifs is 2. The van der Waals surface area contributed by atoms with Gasteiger partial charge in [-0.15, -0.1) is 0 Å². The van der Waals surface area contributed by atoms with Crippen LogP contribution in [0.15, 0.2) is 52.3 Å². The van der Waals surface area contributed by atoms with E-state index in [1.807, 2.05) is 6.07 Å². The molecular formula is C21H23N5O4. The molecule has 30 heavy (non-hydrogen) atoms. The molecule has 1 unspecified atom stereocenters. The van der Waals surface area contributed by atoms with Crippen molar-refractivity contribution in [3.8, 4) is 0 Å². The van der Waals surface area contributed by atoms with Crippen LogP contribution in [0, 0.1) is 0 Å². The van der Waals surface area contributed by atoms with E-state index in [9.17, 15) is 19.5 Å². The first-order valence-corrected chi connectivity index (χ1v) is 9.40. The average Bonchev–Trinajstić information content (AvgIpc) is 2.73. The molecule has 9 nitrogen and oxygen atoms in total. The minimum atomic E-state index is -1.16. The highest BCUT2D eigenvalue weighted by atomic mass is 16.4. The lowest BCUT2D eigenvalue weighted by Crippen LogP contribution is -2.41. The summed E-state index contributed by atoms with van der Waals surface area (Å²) in [5, 5.41) is 13.0. The molecule has 1 amide bonds. The van der Waals surface area contributed by atoms with Gasteiger partial charge in [-0.05, 0) is 37.1 Å². The second kappa shape index (κ2) is 8.64. The van der Waals surface area contributed by atoms with E-state index in [2.05, 4.69) is 10.3 Å². The number of amides is 1. The van der Waals surface area contributed by atoms with Gasteiger partial charge in [0.1, 0.15) is 6.04 Å². The second-order valence-electron chi connectivity index (χ2n) is 6.92. The van der Waals surface area contributed by atoms with Crippen LogP contribution in [0.4, 0.5) is 0 Å². The Labute approximate surface area is 172 Å². The summed E-state index contributed by atoms with van der Waals surface area (Å²) >= 11 is 0. The molecule has 0 saturated heterocycles. The summed E-state index contributed by atoms with van der Waals surface area (Å²) in [7, 11) is 1.77. The van der Waals surface area contributed by atoms with Gasteiger partial charge in [-0.25, -0.2) is 4.79 Å². The van der Waals surface area contributed by atoms with E-state index in [-0.39, 0.29) is 29.9 Å². The van der Waals surface area contributed by atoms with Crippen molar-refractivity contribution >= 4 is 39.6 Å². The van der Waals surface area contributed by atoms with Crippen LogP contribution in [0.3, 0.4) is 0 Å². The molecule has 156 valence electrons. The highest BCUT2D eigenvalue weighted by Crippen LogP contribution is 2.21. The monoisotopic (exact) mass is 409 g/mol. The molecule has 9 heteroatoms. The van der Waals surface area contributed by atoms with Crippen LogP contribution in [0.5, 0.6) is 0 Å². The number of nitrogens with one attached hydrogen (secondary N) is 1. The fraction of sp³-hybridized carbons (Fsp3) is 0.238. The molecule has 6 N–H and O–H groups in total. The van der Waals surface area contributed by atoms with E-state index >= 15 is 0 Å². The molecule has 0 aliphatic rings. The first-order chi connectivity index (χ1) is 14.3. The Hall–Kier alpha value is -3.88. The summed E-state index contributed by atoms with van der Waals surface area (Å²) < 4.78 is 1.77. The molecule has 1 heterocycles. The zero-order chi connectivity index (χ0) is 21.8. The number of para-hydroxylation sites is 2. The van der Waals surface area contributed by atoms with Gasteiger partial charge in [0.05, 0.1) is 16.6 Å². The van der Waals surface area contributed by atoms with Gasteiger partial charge in [0, 0.05) is 24.4 Å². The molecule has 0 bridgehead atoms. The zero-order valence-electron chi connectivity index (χ0n) is 16.5. The number of pyridine rings is 1. The number of nitrogens with zero attached hydrogens (tertiary/aromatic N) is 2. The number of rotatable bonds is 7. The quantitative estimate of drug-likeness (QED) is 0.197. The molecule has 0 saturated carbocycles. The molecule has 0 aliphatic heterocycles. The van der Waals surface area contributed by atoms with Crippen molar-refractivity contribution in [2.45, 2.75) is 18.9 Å². The topological polar surface area (TPSA) is 153 Å². The van der Waals surface area contributed by atoms with Gasteiger partial charge in [-0.1, -0.05) is 18.2 Å². The van der Waals surface area contributed by atoms with Crippen molar-refractivity contribution in [1.29, 1.82) is 0 Å². The van der Waals surface area contributed by atoms with E-state index in [1.54, 1.807) is 48.0 Å². The number of hydrogen-bond donors (Lipinski definition) is 4. The lowest BCUT2D eigenvalue weighted by molar-refractivity contribution is -0.139. The Morgan fingerprint density at radius 3 is 2.53 bits per heavy atom. The average molecular weight is 409 g/mol. The van der Waals surface area contributed by atoms with Gasteiger partial charge < -0.3 is 26.5 Å². The molecule has 1 aromatic heterocycles. The van der Waals surface area contributed by atoms with Crippen LogP contribution < -0.4 is 22.2 Å². The predicted octanol–water partition coefficient (Wildman–Crippen LogP) is 0.928. The molecule has 0 fully saturated rings. The van der Waals surface area contributed by atoms with Gasteiger partial charge in [-0.2, -0.15) is 0 Å². The van der Waals surface area contributed by atoms with Crippen LogP contribution in [-0.2, 0) is 11.8 Å². The summed E-state index contributed by atoms with van der Waals surface area (Å²) in [6, 6.07) is 10.9. The molecule has 3 rings (SSSR count). The molecule has 2 aromatic carbocycles. The number of guanidine groups is 1. The first-order valence-electron chi connectivity index (χ1n) is 9.40. The zero-order valence-corrected chi connectivity index (χ0v) is 16.5. The summed E-state index contributed by atoms with van der Waals surface area (Å²) in [6.45, 7) is 0.261. The Morgan fingerprint density at radius 2 is 1.83 bits per heavy atom. The number of carboxylic acid groups (broad SMARTS) is 1. The lowest BCUT2D eigenvalue weighted by atomic mass is 10.0. The van der Waals surface area contributed by atoms with Crippen molar-refractivity contribution < 1.29 is 14.7 Å². The van der Waals surface area contributed by atoms with Crippen LogP contribution in [-0.4, -0.2) is 40.1 Å². The highest BCUT2D eigenvalue weighted by molar-refractivity contribution is 6.08. The molecule has 3 aromatic rings. The van der Waals surface area contributed by atoms with E-state index in [0.717, 1.165) is 0 Å². The van der Waals surface area contributed by atoms with E-state index in [4.69, 9.17) is 11.5 Å². The molecule has 1 atom stereocenters. The summed E-state index contributed by atoms with van der Waals surface area (Å²) in [5.74, 6) is -1.80. The number of benzene rings is 2. The molecule has 0 radical (unpaired) electrons. The van der Waals surface area contributed by atoms with Crippen molar-refractivity contribution in [1.82, 2.24) is 9.88 Å². The van der Waals surface area contributed by atoms with Crippen LogP contribution >= 0.6 is 0 Å². The fourth-order valence-electron chi connectivity index (χ4n) is 3.49. The summed E-state index contributed by atoms with van der Waals surface area (Å²) in [6.07, 6.45) is 0.540. The van der Waals surface area contributed by atoms with Crippen LogP contribution in [0.2, 0.25) is 0 Å². The number of hydrogen-bond acceptors (Lipinski definition) is 4. The Bertz CT molecular complexity index is 1210. The van der Waals surface area contributed by atoms with E-state index in [1.165, 1.54) is 0 Å².